The molecule has 1 aliphatic carbocycles. The smallest absolute Gasteiger partial charge is 0.230 e. The molecule has 4 rings (SSSR count). The van der Waals surface area contributed by atoms with E-state index in [4.69, 9.17) is 0 Å². The summed E-state index contributed by atoms with van der Waals surface area (Å²) in [5.74, 6) is 1.20. The van der Waals surface area contributed by atoms with Gasteiger partial charge in [-0.05, 0) is 62.1 Å². The Kier molecular flexibility index (Phi) is 5.98. The molecule has 3 aliphatic rings. The summed E-state index contributed by atoms with van der Waals surface area (Å²) in [4.78, 5) is 34.2. The van der Waals surface area contributed by atoms with Gasteiger partial charge in [-0.15, -0.1) is 0 Å². The first-order valence-corrected chi connectivity index (χ1v) is 11.1. The second-order valence-corrected chi connectivity index (χ2v) is 9.06. The molecular weight excluding hydrogens is 350 g/mol. The van der Waals surface area contributed by atoms with Crippen LogP contribution in [0.4, 0.5) is 0 Å². The van der Waals surface area contributed by atoms with Crippen molar-refractivity contribution in [2.45, 2.75) is 64.2 Å². The summed E-state index contributed by atoms with van der Waals surface area (Å²) in [6, 6.07) is 3.93. The number of rotatable bonds is 5. The number of hydrogen-bond donors (Lipinski definition) is 0. The van der Waals surface area contributed by atoms with Gasteiger partial charge < -0.3 is 9.80 Å². The first-order valence-electron chi connectivity index (χ1n) is 11.1. The summed E-state index contributed by atoms with van der Waals surface area (Å²) in [6.07, 6.45) is 14.2. The molecule has 1 aromatic rings. The lowest BCUT2D eigenvalue weighted by Gasteiger charge is -2.41. The van der Waals surface area contributed by atoms with E-state index < -0.39 is 0 Å². The molecule has 5 nitrogen and oxygen atoms in total. The third-order valence-electron chi connectivity index (χ3n) is 7.11. The monoisotopic (exact) mass is 383 g/mol. The maximum absolute atomic E-state index is 13.4. The Morgan fingerprint density at radius 2 is 1.86 bits per heavy atom. The van der Waals surface area contributed by atoms with Crippen LogP contribution >= 0.6 is 0 Å². The van der Waals surface area contributed by atoms with Crippen molar-refractivity contribution in [2.24, 2.45) is 11.3 Å². The number of piperidine rings is 1. The summed E-state index contributed by atoms with van der Waals surface area (Å²) in [7, 11) is 0. The van der Waals surface area contributed by atoms with Crippen molar-refractivity contribution in [3.05, 3.63) is 30.1 Å². The summed E-state index contributed by atoms with van der Waals surface area (Å²) in [5.41, 5.74) is 0.837. The lowest BCUT2D eigenvalue weighted by molar-refractivity contribution is -0.147. The van der Waals surface area contributed by atoms with Gasteiger partial charge in [0, 0.05) is 45.0 Å². The van der Waals surface area contributed by atoms with Crippen molar-refractivity contribution < 1.29 is 9.59 Å². The van der Waals surface area contributed by atoms with Gasteiger partial charge in [0.15, 0.2) is 0 Å². The number of nitrogens with zero attached hydrogens (tertiary/aromatic N) is 3. The molecule has 1 saturated carbocycles. The third-order valence-corrected chi connectivity index (χ3v) is 7.11. The Morgan fingerprint density at radius 3 is 2.64 bits per heavy atom. The third kappa shape index (κ3) is 4.23. The number of aryl methyl sites for hydroxylation is 1. The van der Waals surface area contributed by atoms with Gasteiger partial charge in [0.1, 0.15) is 0 Å². The van der Waals surface area contributed by atoms with Crippen LogP contribution in [0.15, 0.2) is 24.5 Å². The van der Waals surface area contributed by atoms with Crippen molar-refractivity contribution >= 4 is 11.8 Å². The molecule has 0 N–H and O–H groups in total. The Bertz CT molecular complexity index is 686. The molecule has 1 aromatic heterocycles. The maximum atomic E-state index is 13.4. The van der Waals surface area contributed by atoms with E-state index in [1.165, 1.54) is 32.1 Å². The summed E-state index contributed by atoms with van der Waals surface area (Å²) >= 11 is 0. The molecule has 152 valence electrons. The highest BCUT2D eigenvalue weighted by molar-refractivity contribution is 5.86. The minimum absolute atomic E-state index is 0.186. The van der Waals surface area contributed by atoms with E-state index >= 15 is 0 Å². The van der Waals surface area contributed by atoms with Gasteiger partial charge >= 0.3 is 0 Å². The zero-order valence-electron chi connectivity index (χ0n) is 16.9. The second kappa shape index (κ2) is 8.62. The minimum atomic E-state index is -0.306. The van der Waals surface area contributed by atoms with Crippen molar-refractivity contribution in [3.8, 4) is 0 Å². The average molecular weight is 384 g/mol. The molecule has 3 heterocycles. The van der Waals surface area contributed by atoms with E-state index in [2.05, 4.69) is 9.88 Å². The number of aromatic nitrogens is 1. The van der Waals surface area contributed by atoms with E-state index in [1.54, 1.807) is 12.4 Å². The van der Waals surface area contributed by atoms with Gasteiger partial charge in [-0.25, -0.2) is 0 Å². The normalized spacial score (nSPS) is 26.2. The number of pyridine rings is 1. The molecule has 28 heavy (non-hydrogen) atoms. The fourth-order valence-electron chi connectivity index (χ4n) is 5.43. The predicted molar refractivity (Wildman–Crippen MR) is 109 cm³/mol. The van der Waals surface area contributed by atoms with Crippen molar-refractivity contribution in [2.75, 3.05) is 26.2 Å². The fraction of sp³-hybridized carbons (Fsp3) is 0.696. The Labute approximate surface area is 168 Å². The quantitative estimate of drug-likeness (QED) is 0.783. The van der Waals surface area contributed by atoms with Crippen LogP contribution in [0, 0.1) is 11.3 Å². The molecular formula is C23H33N3O2. The Hall–Kier alpha value is -1.91. The van der Waals surface area contributed by atoms with Crippen molar-refractivity contribution in [1.82, 2.24) is 14.8 Å². The van der Waals surface area contributed by atoms with Crippen molar-refractivity contribution in [1.29, 1.82) is 0 Å². The molecule has 2 saturated heterocycles. The highest BCUT2D eigenvalue weighted by Gasteiger charge is 2.49. The molecule has 0 radical (unpaired) electrons. The molecule has 0 unspecified atom stereocenters. The van der Waals surface area contributed by atoms with Crippen LogP contribution < -0.4 is 0 Å². The molecule has 2 amide bonds. The highest BCUT2D eigenvalue weighted by atomic mass is 16.2. The standard InChI is InChI=1S/C23H33N3O2/c27-21(8-7-19-9-13-24-14-10-19)26-16-12-23(18-26)11-4-15-25(22(23)28)17-20-5-2-1-3-6-20/h9-10,13-14,20H,1-8,11-12,15-18H2/t23-/m0/s1. The SMILES string of the molecule is O=C(CCc1ccncc1)N1CC[C@@]2(CCCN(CC3CCCCC3)C2=O)C1. The lowest BCUT2D eigenvalue weighted by atomic mass is 9.77. The molecule has 3 fully saturated rings. The summed E-state index contributed by atoms with van der Waals surface area (Å²) in [6.45, 7) is 3.21. The highest BCUT2D eigenvalue weighted by Crippen LogP contribution is 2.41. The second-order valence-electron chi connectivity index (χ2n) is 9.06. The number of carbonyl (C=O) groups is 2. The first-order chi connectivity index (χ1) is 13.7. The van der Waals surface area contributed by atoms with E-state index in [-0.39, 0.29) is 11.3 Å². The lowest BCUT2D eigenvalue weighted by Crippen LogP contribution is -2.51. The van der Waals surface area contributed by atoms with E-state index in [1.807, 2.05) is 17.0 Å². The summed E-state index contributed by atoms with van der Waals surface area (Å²) < 4.78 is 0. The van der Waals surface area contributed by atoms with Crippen LogP contribution in [0.2, 0.25) is 0 Å². The van der Waals surface area contributed by atoms with E-state index in [0.29, 0.717) is 24.8 Å². The zero-order chi connectivity index (χ0) is 19.4. The van der Waals surface area contributed by atoms with E-state index in [9.17, 15) is 9.59 Å². The minimum Gasteiger partial charge on any atom is -0.342 e. The maximum Gasteiger partial charge on any atom is 0.230 e. The molecule has 5 heteroatoms. The average Bonchev–Trinajstić information content (AvgIpc) is 3.16. The first kappa shape index (κ1) is 19.4. The fourth-order valence-corrected chi connectivity index (χ4v) is 5.43. The molecule has 0 aromatic carbocycles. The van der Waals surface area contributed by atoms with Crippen LogP contribution in [0.25, 0.3) is 0 Å². The molecule has 0 bridgehead atoms. The van der Waals surface area contributed by atoms with Crippen LogP contribution in [0.1, 0.15) is 63.4 Å². The number of amides is 2. The number of likely N-dealkylation sites (tertiary alicyclic amines) is 2. The van der Waals surface area contributed by atoms with Gasteiger partial charge in [-0.3, -0.25) is 14.6 Å². The predicted octanol–water partition coefficient (Wildman–Crippen LogP) is 3.44. The van der Waals surface area contributed by atoms with Crippen molar-refractivity contribution in [3.63, 3.8) is 0 Å². The molecule has 2 aliphatic heterocycles. The summed E-state index contributed by atoms with van der Waals surface area (Å²) in [5, 5.41) is 0. The largest absolute Gasteiger partial charge is 0.342 e. The Morgan fingerprint density at radius 1 is 1.07 bits per heavy atom. The van der Waals surface area contributed by atoms with Gasteiger partial charge in [0.25, 0.3) is 0 Å². The van der Waals surface area contributed by atoms with Gasteiger partial charge in [-0.2, -0.15) is 0 Å². The topological polar surface area (TPSA) is 53.5 Å². The Balaban J connectivity index is 1.33. The zero-order valence-corrected chi connectivity index (χ0v) is 16.9. The van der Waals surface area contributed by atoms with Gasteiger partial charge in [0.05, 0.1) is 5.41 Å². The number of hydrogen-bond acceptors (Lipinski definition) is 3. The molecule has 1 spiro atoms. The van der Waals surface area contributed by atoms with Crippen LogP contribution in [-0.4, -0.2) is 52.8 Å². The van der Waals surface area contributed by atoms with Gasteiger partial charge in [0.2, 0.25) is 11.8 Å². The van der Waals surface area contributed by atoms with Crippen LogP contribution in [0.3, 0.4) is 0 Å². The molecule has 1 atom stereocenters. The van der Waals surface area contributed by atoms with Gasteiger partial charge in [-0.1, -0.05) is 19.3 Å². The van der Waals surface area contributed by atoms with E-state index in [0.717, 1.165) is 50.9 Å². The van der Waals surface area contributed by atoms with Crippen LogP contribution in [-0.2, 0) is 16.0 Å². The number of carbonyl (C=O) groups excluding carboxylic acids is 2. The van der Waals surface area contributed by atoms with Crippen LogP contribution in [0.5, 0.6) is 0 Å².